The number of nitro benzene ring substituents is 1. The number of aromatic nitrogens is 1. The molecule has 1 N–H and O–H groups in total. The second-order valence-corrected chi connectivity index (χ2v) is 10.7. The van der Waals surface area contributed by atoms with Gasteiger partial charge >= 0.3 is 13.9 Å². The number of hydrogen-bond acceptors (Lipinski definition) is 10. The Morgan fingerprint density at radius 2 is 1.59 bits per heavy atom. The lowest BCUT2D eigenvalue weighted by molar-refractivity contribution is -0.384. The molecule has 204 valence electrons. The highest BCUT2D eigenvalue weighted by Gasteiger charge is 2.50. The Kier molecular flexibility index (Phi) is 11.5. The van der Waals surface area contributed by atoms with Crippen molar-refractivity contribution >= 4 is 24.9 Å². The SMILES string of the molecule is COC(=O)c1c(C)nc(C)c([P+](O)(OCCOC(C)C)OCCOC(C)C)c1-c1cccc([N+](=O)[O-])c1. The number of nitrogens with zero attached hydrogens (tertiary/aromatic N) is 2. The molecule has 1 heterocycles. The van der Waals surface area contributed by atoms with Crippen LogP contribution in [0.5, 0.6) is 0 Å². The van der Waals surface area contributed by atoms with Crippen LogP contribution >= 0.6 is 7.94 Å². The number of carbonyl (C=O) groups is 1. The molecule has 11 nitrogen and oxygen atoms in total. The Hall–Kier alpha value is -2.53. The summed E-state index contributed by atoms with van der Waals surface area (Å²) in [7, 11) is -2.70. The largest absolute Gasteiger partial charge is 0.465 e. The number of ether oxygens (including phenoxy) is 3. The molecular formula is C25H36N2O9P+. The van der Waals surface area contributed by atoms with Gasteiger partial charge in [0.05, 0.1) is 60.0 Å². The fraction of sp³-hybridized carbons (Fsp3) is 0.520. The zero-order valence-corrected chi connectivity index (χ0v) is 23.2. The van der Waals surface area contributed by atoms with Gasteiger partial charge in [0.1, 0.15) is 13.2 Å². The molecule has 1 aromatic heterocycles. The Labute approximate surface area is 217 Å². The second kappa shape index (κ2) is 13.9. The van der Waals surface area contributed by atoms with Crippen LogP contribution in [0.25, 0.3) is 11.1 Å². The smallest absolute Gasteiger partial charge is 0.448 e. The minimum Gasteiger partial charge on any atom is -0.465 e. The summed E-state index contributed by atoms with van der Waals surface area (Å²) < 4.78 is 28.0. The number of methoxy groups -OCH3 is 1. The highest BCUT2D eigenvalue weighted by Crippen LogP contribution is 2.58. The minimum atomic E-state index is -3.92. The van der Waals surface area contributed by atoms with Crippen LogP contribution < -0.4 is 5.30 Å². The standard InChI is InChI=1S/C25H36N2O9P/c1-16(2)33-11-13-35-37(31,36-14-12-34-17(3)4)24-19(6)26-18(5)22(25(28)32-7)23(24)20-9-8-10-21(15-20)27(29)30/h8-10,15-17,31H,11-14H2,1-7H3/q+1. The van der Waals surface area contributed by atoms with E-state index in [1.165, 1.54) is 25.3 Å². The van der Waals surface area contributed by atoms with Crippen LogP contribution in [0.2, 0.25) is 0 Å². The number of nitro groups is 1. The van der Waals surface area contributed by atoms with E-state index in [2.05, 4.69) is 4.98 Å². The third kappa shape index (κ3) is 8.23. The first kappa shape index (κ1) is 30.7. The molecule has 0 saturated heterocycles. The van der Waals surface area contributed by atoms with Crippen LogP contribution in [-0.2, 0) is 23.3 Å². The topological polar surface area (TPSA) is 139 Å². The second-order valence-electron chi connectivity index (χ2n) is 8.71. The molecule has 2 rings (SSSR count). The number of esters is 1. The van der Waals surface area contributed by atoms with Crippen LogP contribution in [0.4, 0.5) is 5.69 Å². The highest BCUT2D eigenvalue weighted by molar-refractivity contribution is 7.69. The van der Waals surface area contributed by atoms with Gasteiger partial charge in [0.15, 0.2) is 0 Å². The number of pyridine rings is 1. The van der Waals surface area contributed by atoms with Gasteiger partial charge in [0, 0.05) is 12.1 Å². The van der Waals surface area contributed by atoms with Crippen molar-refractivity contribution in [1.29, 1.82) is 0 Å². The minimum absolute atomic E-state index is 0.0112. The van der Waals surface area contributed by atoms with Gasteiger partial charge in [0.25, 0.3) is 5.69 Å². The molecular weight excluding hydrogens is 503 g/mol. The van der Waals surface area contributed by atoms with E-state index in [1.807, 2.05) is 27.7 Å². The molecule has 0 aliphatic rings. The molecule has 0 radical (unpaired) electrons. The Morgan fingerprint density at radius 1 is 1.03 bits per heavy atom. The summed E-state index contributed by atoms with van der Waals surface area (Å²) >= 11 is 0. The van der Waals surface area contributed by atoms with Crippen molar-refractivity contribution in [3.05, 3.63) is 51.3 Å². The first-order valence-corrected chi connectivity index (χ1v) is 13.5. The quantitative estimate of drug-likeness (QED) is 0.121. The normalized spacial score (nSPS) is 11.8. The van der Waals surface area contributed by atoms with E-state index in [-0.39, 0.29) is 60.8 Å². The fourth-order valence-corrected chi connectivity index (χ4v) is 5.61. The number of hydrogen-bond donors (Lipinski definition) is 1. The van der Waals surface area contributed by atoms with Crippen molar-refractivity contribution in [2.75, 3.05) is 33.5 Å². The van der Waals surface area contributed by atoms with Gasteiger partial charge in [-0.15, -0.1) is 0 Å². The number of non-ortho nitro benzene ring substituents is 1. The number of aryl methyl sites for hydroxylation is 2. The van der Waals surface area contributed by atoms with Gasteiger partial charge in [-0.05, 0) is 47.1 Å². The van der Waals surface area contributed by atoms with E-state index in [0.717, 1.165) is 0 Å². The molecule has 0 aliphatic heterocycles. The molecule has 12 heteroatoms. The lowest BCUT2D eigenvalue weighted by Gasteiger charge is -2.23. The average Bonchev–Trinajstić information content (AvgIpc) is 2.83. The molecule has 0 spiro atoms. The summed E-state index contributed by atoms with van der Waals surface area (Å²) in [5, 5.41) is 11.6. The van der Waals surface area contributed by atoms with Crippen LogP contribution in [0.3, 0.4) is 0 Å². The molecule has 0 aliphatic carbocycles. The molecule has 37 heavy (non-hydrogen) atoms. The van der Waals surface area contributed by atoms with Crippen molar-refractivity contribution in [3.8, 4) is 11.1 Å². The van der Waals surface area contributed by atoms with Gasteiger partial charge in [-0.2, -0.15) is 13.9 Å². The van der Waals surface area contributed by atoms with E-state index in [9.17, 15) is 19.8 Å². The zero-order chi connectivity index (χ0) is 27.8. The van der Waals surface area contributed by atoms with Crippen molar-refractivity contribution in [2.24, 2.45) is 0 Å². The summed E-state index contributed by atoms with van der Waals surface area (Å²) in [6.07, 6.45) is -0.103. The lowest BCUT2D eigenvalue weighted by atomic mass is 9.97. The van der Waals surface area contributed by atoms with E-state index in [4.69, 9.17) is 23.3 Å². The maximum atomic E-state index is 12.9. The van der Waals surface area contributed by atoms with Crippen LogP contribution in [0.1, 0.15) is 49.4 Å². The molecule has 0 unspecified atom stereocenters. The number of carbonyl (C=O) groups excluding carboxylic acids is 1. The van der Waals surface area contributed by atoms with Gasteiger partial charge < -0.3 is 14.2 Å². The predicted octanol–water partition coefficient (Wildman–Crippen LogP) is 4.32. The zero-order valence-electron chi connectivity index (χ0n) is 22.3. The van der Waals surface area contributed by atoms with E-state index in [0.29, 0.717) is 17.0 Å². The molecule has 0 bridgehead atoms. The lowest BCUT2D eigenvalue weighted by Crippen LogP contribution is -2.28. The number of benzene rings is 1. The summed E-state index contributed by atoms with van der Waals surface area (Å²) in [5.41, 5.74) is 1.04. The Balaban J connectivity index is 2.75. The molecule has 0 fully saturated rings. The summed E-state index contributed by atoms with van der Waals surface area (Å²) in [6.45, 7) is 11.1. The average molecular weight is 540 g/mol. The van der Waals surface area contributed by atoms with E-state index < -0.39 is 18.8 Å². The van der Waals surface area contributed by atoms with Gasteiger partial charge in [-0.1, -0.05) is 12.1 Å². The van der Waals surface area contributed by atoms with Crippen molar-refractivity contribution in [1.82, 2.24) is 4.98 Å². The van der Waals surface area contributed by atoms with Gasteiger partial charge in [0.2, 0.25) is 5.30 Å². The molecule has 0 amide bonds. The third-order valence-corrected chi connectivity index (χ3v) is 7.32. The highest BCUT2D eigenvalue weighted by atomic mass is 31.2. The maximum Gasteiger partial charge on any atom is 0.448 e. The maximum absolute atomic E-state index is 12.9. The van der Waals surface area contributed by atoms with Crippen LogP contribution in [0, 0.1) is 24.0 Å². The monoisotopic (exact) mass is 539 g/mol. The van der Waals surface area contributed by atoms with Gasteiger partial charge in [-0.3, -0.25) is 15.1 Å². The summed E-state index contributed by atoms with van der Waals surface area (Å²) in [4.78, 5) is 40.3. The first-order chi connectivity index (χ1) is 17.4. The molecule has 1 aromatic carbocycles. The van der Waals surface area contributed by atoms with Crippen molar-refractivity contribution in [3.63, 3.8) is 0 Å². The summed E-state index contributed by atoms with van der Waals surface area (Å²) in [6, 6.07) is 5.75. The van der Waals surface area contributed by atoms with Crippen LogP contribution in [0.15, 0.2) is 24.3 Å². The summed E-state index contributed by atoms with van der Waals surface area (Å²) in [5.74, 6) is -0.717. The molecule has 0 atom stereocenters. The predicted molar refractivity (Wildman–Crippen MR) is 140 cm³/mol. The van der Waals surface area contributed by atoms with Crippen LogP contribution in [-0.4, -0.2) is 66.5 Å². The Bertz CT molecular complexity index is 1080. The Morgan fingerprint density at radius 3 is 2.08 bits per heavy atom. The fourth-order valence-electron chi connectivity index (χ4n) is 3.65. The third-order valence-electron chi connectivity index (χ3n) is 5.15. The molecule has 2 aromatic rings. The molecule has 0 saturated carbocycles. The van der Waals surface area contributed by atoms with E-state index in [1.54, 1.807) is 19.9 Å². The first-order valence-electron chi connectivity index (χ1n) is 11.9. The number of rotatable bonds is 14. The van der Waals surface area contributed by atoms with Crippen molar-refractivity contribution < 1.29 is 37.9 Å². The van der Waals surface area contributed by atoms with E-state index >= 15 is 0 Å². The van der Waals surface area contributed by atoms with Gasteiger partial charge in [-0.25, -0.2) is 4.79 Å². The van der Waals surface area contributed by atoms with Crippen molar-refractivity contribution in [2.45, 2.75) is 53.8 Å².